The number of sulfone groups is 1. The lowest BCUT2D eigenvalue weighted by Crippen LogP contribution is -2.64. The molecule has 0 bridgehead atoms. The van der Waals surface area contributed by atoms with Crippen molar-refractivity contribution in [1.82, 2.24) is 26.2 Å². The van der Waals surface area contributed by atoms with Gasteiger partial charge in [-0.1, -0.05) is 66.7 Å². The average Bonchev–Trinajstić information content (AvgIpc) is 3.95. The number of nitrogens with one attached hydrogen (secondary N) is 4. The summed E-state index contributed by atoms with van der Waals surface area (Å²) in [4.78, 5) is 70.1. The van der Waals surface area contributed by atoms with Crippen LogP contribution in [0.25, 0.3) is 0 Å². The van der Waals surface area contributed by atoms with Crippen molar-refractivity contribution in [2.24, 2.45) is 28.6 Å². The molecule has 0 radical (unpaired) electrons. The fourth-order valence-corrected chi connectivity index (χ4v) is 9.65. The summed E-state index contributed by atoms with van der Waals surface area (Å²) in [6.07, 6.45) is 8.52. The highest BCUT2D eigenvalue weighted by Crippen LogP contribution is 2.65. The number of hydrogen-bond acceptors (Lipinski definition) is 7. The predicted molar refractivity (Wildman–Crippen MR) is 191 cm³/mol. The van der Waals surface area contributed by atoms with Crippen molar-refractivity contribution < 1.29 is 32.4 Å². The Kier molecular flexibility index (Phi) is 10.6. The van der Waals surface area contributed by atoms with Gasteiger partial charge in [0.15, 0.2) is 9.84 Å². The van der Waals surface area contributed by atoms with Crippen molar-refractivity contribution in [3.8, 4) is 0 Å². The molecule has 4 aliphatic carbocycles. The maximum Gasteiger partial charge on any atom is 0.315 e. The topological polar surface area (TPSA) is 171 Å². The Balaban J connectivity index is 1.33. The molecule has 5 rings (SSSR count). The minimum atomic E-state index is -3.56. The second-order valence-electron chi connectivity index (χ2n) is 18.7. The summed E-state index contributed by atoms with van der Waals surface area (Å²) in [5, 5.41) is 11.6. The molecule has 0 spiro atoms. The van der Waals surface area contributed by atoms with Crippen LogP contribution in [0.5, 0.6) is 0 Å². The van der Waals surface area contributed by atoms with Crippen molar-refractivity contribution in [2.75, 3.05) is 12.3 Å². The van der Waals surface area contributed by atoms with Gasteiger partial charge in [0.1, 0.15) is 12.1 Å². The zero-order valence-corrected chi connectivity index (χ0v) is 32.3. The summed E-state index contributed by atoms with van der Waals surface area (Å²) in [5.74, 6) is -1.92. The van der Waals surface area contributed by atoms with E-state index in [1.165, 1.54) is 0 Å². The van der Waals surface area contributed by atoms with Crippen LogP contribution in [0.4, 0.5) is 4.79 Å². The Morgan fingerprint density at radius 3 is 2.04 bits per heavy atom. The first-order chi connectivity index (χ1) is 23.1. The van der Waals surface area contributed by atoms with Gasteiger partial charge in [-0.3, -0.25) is 19.2 Å². The van der Waals surface area contributed by atoms with Crippen LogP contribution >= 0.6 is 0 Å². The fourth-order valence-electron chi connectivity index (χ4n) is 8.13. The quantitative estimate of drug-likeness (QED) is 0.211. The first kappa shape index (κ1) is 38.5. The van der Waals surface area contributed by atoms with Gasteiger partial charge in [0, 0.05) is 12.6 Å². The summed E-state index contributed by atoms with van der Waals surface area (Å²) in [5.41, 5.74) is -1.89. The monoisotopic (exact) mass is 719 g/mol. The molecule has 0 unspecified atom stereocenters. The van der Waals surface area contributed by atoms with Crippen LogP contribution in [0.2, 0.25) is 0 Å². The van der Waals surface area contributed by atoms with Gasteiger partial charge in [-0.05, 0) is 87.9 Å². The molecular formula is C37H61N5O7S. The summed E-state index contributed by atoms with van der Waals surface area (Å²) in [7, 11) is -3.56. The minimum absolute atomic E-state index is 0.0112. The number of carbonyl (C=O) groups is 5. The zero-order valence-electron chi connectivity index (χ0n) is 31.4. The predicted octanol–water partition coefficient (Wildman–Crippen LogP) is 3.62. The highest BCUT2D eigenvalue weighted by atomic mass is 32.2. The molecule has 4 saturated carbocycles. The number of amides is 5. The van der Waals surface area contributed by atoms with Gasteiger partial charge in [-0.25, -0.2) is 13.2 Å². The SMILES string of the molecule is CC(C)(C)[C@H](NC(=O)NC1(CS(=O)(=O)C(C)(C)C)CCCCC1)C(=O)N1C[C@H]2[C@@H]([C@H]1C(=O)N[C@H](CCC1CC1)C(=O)C(=O)NC1CC1)C2(C)C. The summed E-state index contributed by atoms with van der Waals surface area (Å²) >= 11 is 0. The highest BCUT2D eigenvalue weighted by molar-refractivity contribution is 7.92. The summed E-state index contributed by atoms with van der Waals surface area (Å²) < 4.78 is 25.7. The summed E-state index contributed by atoms with van der Waals surface area (Å²) in [6, 6.07) is -3.45. The standard InChI is InChI=1S/C37H61N5O7S/c1-34(2,3)29(40-33(47)41-37(18-10-9-11-19-37)21-50(48,49)35(4,5)6)32(46)42-20-24-26(36(24,7)8)27(42)30(44)39-25(17-14-22-12-13-22)28(43)31(45)38-23-15-16-23/h22-27,29H,9-21H2,1-8H3,(H,38,45)(H,39,44)(H2,40,41,47)/t24-,25+,26-,27-,29+/m0/s1. The third-order valence-electron chi connectivity index (χ3n) is 12.1. The van der Waals surface area contributed by atoms with E-state index in [0.717, 1.165) is 51.4 Å². The number of hydrogen-bond donors (Lipinski definition) is 4. The number of rotatable bonds is 13. The van der Waals surface area contributed by atoms with Crippen LogP contribution in [0, 0.1) is 28.6 Å². The Morgan fingerprint density at radius 2 is 1.50 bits per heavy atom. The molecule has 4 N–H and O–H groups in total. The molecule has 1 aliphatic heterocycles. The number of urea groups is 1. The molecule has 1 saturated heterocycles. The van der Waals surface area contributed by atoms with Crippen LogP contribution < -0.4 is 21.3 Å². The number of piperidine rings is 1. The van der Waals surface area contributed by atoms with Crippen molar-refractivity contribution in [3.63, 3.8) is 0 Å². The van der Waals surface area contributed by atoms with E-state index < -0.39 is 73.2 Å². The van der Waals surface area contributed by atoms with E-state index in [4.69, 9.17) is 0 Å². The molecule has 12 nitrogen and oxygen atoms in total. The van der Waals surface area contributed by atoms with Gasteiger partial charge in [-0.2, -0.15) is 0 Å². The number of Topliss-reactive ketones (excluding diaryl/α,β-unsaturated/α-hetero) is 1. The van der Waals surface area contributed by atoms with Gasteiger partial charge in [0.05, 0.1) is 22.1 Å². The molecule has 5 amide bonds. The summed E-state index contributed by atoms with van der Waals surface area (Å²) in [6.45, 7) is 15.0. The lowest BCUT2D eigenvalue weighted by Gasteiger charge is -2.41. The molecule has 13 heteroatoms. The highest BCUT2D eigenvalue weighted by Gasteiger charge is 2.70. The average molecular weight is 720 g/mol. The minimum Gasteiger partial charge on any atom is -0.347 e. The molecule has 5 aliphatic rings. The molecule has 5 fully saturated rings. The van der Waals surface area contributed by atoms with Crippen molar-refractivity contribution in [3.05, 3.63) is 0 Å². The van der Waals surface area contributed by atoms with Gasteiger partial charge >= 0.3 is 6.03 Å². The lowest BCUT2D eigenvalue weighted by molar-refractivity contribution is -0.145. The van der Waals surface area contributed by atoms with Gasteiger partial charge in [-0.15, -0.1) is 0 Å². The molecule has 1 heterocycles. The van der Waals surface area contributed by atoms with Crippen LogP contribution in [-0.2, 0) is 29.0 Å². The Morgan fingerprint density at radius 1 is 0.880 bits per heavy atom. The van der Waals surface area contributed by atoms with Crippen molar-refractivity contribution in [2.45, 2.75) is 160 Å². The number of likely N-dealkylation sites (tertiary alicyclic amines) is 1. The number of carbonyl (C=O) groups excluding carboxylic acids is 5. The van der Waals surface area contributed by atoms with Crippen LogP contribution in [-0.4, -0.2) is 89.6 Å². The smallest absolute Gasteiger partial charge is 0.315 e. The van der Waals surface area contributed by atoms with E-state index in [0.29, 0.717) is 31.7 Å². The third kappa shape index (κ3) is 8.49. The number of ketones is 1. The first-order valence-electron chi connectivity index (χ1n) is 18.8. The largest absolute Gasteiger partial charge is 0.347 e. The van der Waals surface area contributed by atoms with E-state index in [2.05, 4.69) is 35.1 Å². The first-order valence-corrected chi connectivity index (χ1v) is 20.5. The number of fused-ring (bicyclic) bond motifs is 1. The second-order valence-corrected chi connectivity index (χ2v) is 21.4. The van der Waals surface area contributed by atoms with E-state index in [1.807, 2.05) is 20.8 Å². The maximum absolute atomic E-state index is 14.5. The molecular weight excluding hydrogens is 659 g/mol. The van der Waals surface area contributed by atoms with E-state index in [9.17, 15) is 32.4 Å². The maximum atomic E-state index is 14.5. The van der Waals surface area contributed by atoms with E-state index >= 15 is 0 Å². The van der Waals surface area contributed by atoms with Gasteiger partial charge in [0.2, 0.25) is 17.6 Å². The number of nitrogens with zero attached hydrogens (tertiary/aromatic N) is 1. The van der Waals surface area contributed by atoms with Crippen LogP contribution in [0.3, 0.4) is 0 Å². The molecule has 282 valence electrons. The van der Waals surface area contributed by atoms with Crippen molar-refractivity contribution >= 4 is 39.4 Å². The molecule has 0 aromatic carbocycles. The molecule has 50 heavy (non-hydrogen) atoms. The van der Waals surface area contributed by atoms with Gasteiger partial charge in [0.25, 0.3) is 5.91 Å². The Bertz CT molecular complexity index is 1470. The molecule has 5 atom stereocenters. The molecule has 0 aromatic rings. The molecule has 0 aromatic heterocycles. The Hall–Kier alpha value is -2.70. The lowest BCUT2D eigenvalue weighted by atomic mass is 9.83. The van der Waals surface area contributed by atoms with E-state index in [1.54, 1.807) is 25.7 Å². The van der Waals surface area contributed by atoms with Gasteiger partial charge < -0.3 is 26.2 Å². The van der Waals surface area contributed by atoms with E-state index in [-0.39, 0.29) is 29.0 Å². The fraction of sp³-hybridized carbons (Fsp3) is 0.865. The van der Waals surface area contributed by atoms with Crippen LogP contribution in [0.1, 0.15) is 126 Å². The normalized spacial score (nSPS) is 27.0. The second kappa shape index (κ2) is 13.7. The third-order valence-corrected chi connectivity index (χ3v) is 14.9. The van der Waals surface area contributed by atoms with Crippen molar-refractivity contribution in [1.29, 1.82) is 0 Å². The van der Waals surface area contributed by atoms with Crippen LogP contribution in [0.15, 0.2) is 0 Å². The zero-order chi connectivity index (χ0) is 37.0. The Labute approximate surface area is 298 Å².